The van der Waals surface area contributed by atoms with Crippen molar-refractivity contribution >= 4 is 23.2 Å². The first-order valence-electron chi connectivity index (χ1n) is 10.4. The zero-order chi connectivity index (χ0) is 21.5. The van der Waals surface area contributed by atoms with E-state index in [4.69, 9.17) is 25.8 Å². The molecule has 2 aliphatic rings. The average Bonchev–Trinajstić information content (AvgIpc) is 3.37. The third-order valence-corrected chi connectivity index (χ3v) is 6.03. The molecular weight excluding hydrogens is 418 g/mol. The van der Waals surface area contributed by atoms with Gasteiger partial charge < -0.3 is 23.5 Å². The van der Waals surface area contributed by atoms with Gasteiger partial charge in [-0.1, -0.05) is 17.7 Å². The summed E-state index contributed by atoms with van der Waals surface area (Å²) in [4.78, 5) is 19.8. The number of ether oxygens (including phenoxy) is 3. The number of hydrogen-bond donors (Lipinski definition) is 0. The van der Waals surface area contributed by atoms with Gasteiger partial charge in [-0.25, -0.2) is 4.98 Å². The number of nitrogens with zero attached hydrogens (tertiary/aromatic N) is 3. The normalized spacial score (nSPS) is 21.5. The summed E-state index contributed by atoms with van der Waals surface area (Å²) in [7, 11) is 0. The van der Waals surface area contributed by atoms with Gasteiger partial charge in [-0.05, 0) is 43.7 Å². The van der Waals surface area contributed by atoms with Gasteiger partial charge in [-0.15, -0.1) is 0 Å². The average molecular weight is 442 g/mol. The maximum absolute atomic E-state index is 13.4. The van der Waals surface area contributed by atoms with Gasteiger partial charge in [0.15, 0.2) is 11.5 Å². The number of aromatic nitrogens is 2. The maximum atomic E-state index is 13.4. The van der Waals surface area contributed by atoms with Crippen molar-refractivity contribution in [1.29, 1.82) is 0 Å². The molecule has 3 aromatic rings. The Kier molecular flexibility index (Phi) is 5.24. The van der Waals surface area contributed by atoms with Crippen LogP contribution in [0.15, 0.2) is 42.7 Å². The number of hydrogen-bond acceptors (Lipinski definition) is 5. The zero-order valence-corrected chi connectivity index (χ0v) is 18.2. The lowest BCUT2D eigenvalue weighted by Crippen LogP contribution is -2.48. The number of halogens is 1. The summed E-state index contributed by atoms with van der Waals surface area (Å²) in [5, 5.41) is 0.610. The smallest absolute Gasteiger partial charge is 0.231 e. The summed E-state index contributed by atoms with van der Waals surface area (Å²) < 4.78 is 18.8. The SMILES string of the molecule is CC1CN(C(=O)CC(c2ccc3c(c2)OCO3)c2cnc3ccc(Cl)cn23)CC(C)O1. The number of carbonyl (C=O) groups excluding carboxylic acids is 1. The molecule has 3 atom stereocenters. The van der Waals surface area contributed by atoms with Gasteiger partial charge >= 0.3 is 0 Å². The Hall–Kier alpha value is -2.77. The van der Waals surface area contributed by atoms with Crippen molar-refractivity contribution < 1.29 is 19.0 Å². The molecule has 2 aliphatic heterocycles. The van der Waals surface area contributed by atoms with Crippen LogP contribution >= 0.6 is 11.6 Å². The van der Waals surface area contributed by atoms with E-state index in [2.05, 4.69) is 4.98 Å². The molecular formula is C23H24ClN3O4. The Morgan fingerprint density at radius 1 is 1.16 bits per heavy atom. The molecule has 8 heteroatoms. The number of benzene rings is 1. The van der Waals surface area contributed by atoms with Crippen LogP contribution in [0.5, 0.6) is 11.5 Å². The van der Waals surface area contributed by atoms with Gasteiger partial charge in [0, 0.05) is 37.8 Å². The van der Waals surface area contributed by atoms with Gasteiger partial charge in [0.1, 0.15) is 5.65 Å². The molecule has 1 aromatic carbocycles. The van der Waals surface area contributed by atoms with Gasteiger partial charge in [0.25, 0.3) is 0 Å². The topological polar surface area (TPSA) is 65.3 Å². The third kappa shape index (κ3) is 3.95. The predicted molar refractivity (Wildman–Crippen MR) is 116 cm³/mol. The number of amides is 1. The first-order chi connectivity index (χ1) is 15.0. The van der Waals surface area contributed by atoms with Gasteiger partial charge in [0.2, 0.25) is 12.7 Å². The van der Waals surface area contributed by atoms with Crippen LogP contribution in [0, 0.1) is 0 Å². The lowest BCUT2D eigenvalue weighted by molar-refractivity contribution is -0.143. The zero-order valence-electron chi connectivity index (χ0n) is 17.5. The first-order valence-corrected chi connectivity index (χ1v) is 10.8. The van der Waals surface area contributed by atoms with Crippen molar-refractivity contribution in [2.45, 2.75) is 38.4 Å². The van der Waals surface area contributed by atoms with Crippen molar-refractivity contribution in [3.63, 3.8) is 0 Å². The summed E-state index contributed by atoms with van der Waals surface area (Å²) in [6.07, 6.45) is 4.00. The van der Waals surface area contributed by atoms with Gasteiger partial charge in [0.05, 0.1) is 22.9 Å². The molecule has 1 saturated heterocycles. The third-order valence-electron chi connectivity index (χ3n) is 5.81. The minimum atomic E-state index is -0.219. The van der Waals surface area contributed by atoms with Crippen molar-refractivity contribution in [3.8, 4) is 11.5 Å². The highest BCUT2D eigenvalue weighted by molar-refractivity contribution is 6.30. The minimum absolute atomic E-state index is 0.0197. The second-order valence-corrected chi connectivity index (χ2v) is 8.62. The number of imidazole rings is 1. The van der Waals surface area contributed by atoms with E-state index < -0.39 is 0 Å². The summed E-state index contributed by atoms with van der Waals surface area (Å²) >= 11 is 6.26. The molecule has 1 amide bonds. The maximum Gasteiger partial charge on any atom is 0.231 e. The van der Waals surface area contributed by atoms with Gasteiger partial charge in [-0.2, -0.15) is 0 Å². The number of carbonyl (C=O) groups is 1. The Balaban J connectivity index is 1.53. The van der Waals surface area contributed by atoms with Crippen molar-refractivity contribution in [3.05, 3.63) is 59.0 Å². The van der Waals surface area contributed by atoms with E-state index in [1.807, 2.05) is 65.9 Å². The minimum Gasteiger partial charge on any atom is -0.454 e. The summed E-state index contributed by atoms with van der Waals surface area (Å²) in [6.45, 7) is 5.39. The van der Waals surface area contributed by atoms with Crippen molar-refractivity contribution in [2.24, 2.45) is 0 Å². The van der Waals surface area contributed by atoms with Crippen LogP contribution in [0.3, 0.4) is 0 Å². The van der Waals surface area contributed by atoms with E-state index in [0.29, 0.717) is 36.0 Å². The monoisotopic (exact) mass is 441 g/mol. The van der Waals surface area contributed by atoms with E-state index in [9.17, 15) is 4.79 Å². The van der Waals surface area contributed by atoms with Gasteiger partial charge in [-0.3, -0.25) is 4.79 Å². The Labute approximate surface area is 185 Å². The molecule has 2 aromatic heterocycles. The molecule has 0 saturated carbocycles. The largest absolute Gasteiger partial charge is 0.454 e. The summed E-state index contributed by atoms with van der Waals surface area (Å²) in [5.74, 6) is 1.27. The highest BCUT2D eigenvalue weighted by Gasteiger charge is 2.30. The van der Waals surface area contributed by atoms with Crippen molar-refractivity contribution in [1.82, 2.24) is 14.3 Å². The molecule has 1 fully saturated rings. The summed E-state index contributed by atoms with van der Waals surface area (Å²) in [6, 6.07) is 9.51. The molecule has 7 nitrogen and oxygen atoms in total. The standard InChI is InChI=1S/C23H24ClN3O4/c1-14-10-26(11-15(2)31-14)23(28)8-18(16-3-5-20-21(7-16)30-13-29-20)19-9-25-22-6-4-17(24)12-27(19)22/h3-7,9,12,14-15,18H,8,10-11,13H2,1-2H3. The number of rotatable bonds is 4. The molecule has 0 N–H and O–H groups in total. The predicted octanol–water partition coefficient (Wildman–Crippen LogP) is 3.87. The Morgan fingerprint density at radius 3 is 2.74 bits per heavy atom. The van der Waals surface area contributed by atoms with Crippen LogP contribution in [0.1, 0.15) is 37.4 Å². The lowest BCUT2D eigenvalue weighted by atomic mass is 9.91. The number of morpholine rings is 1. The molecule has 3 unspecified atom stereocenters. The van der Waals surface area contributed by atoms with Crippen LogP contribution < -0.4 is 9.47 Å². The molecule has 31 heavy (non-hydrogen) atoms. The van der Waals surface area contributed by atoms with Crippen LogP contribution in [0.25, 0.3) is 5.65 Å². The van der Waals surface area contributed by atoms with E-state index in [1.165, 1.54) is 0 Å². The van der Waals surface area contributed by atoms with Crippen molar-refractivity contribution in [2.75, 3.05) is 19.9 Å². The molecule has 0 spiro atoms. The van der Waals surface area contributed by atoms with E-state index in [1.54, 1.807) is 0 Å². The molecule has 5 rings (SSSR count). The van der Waals surface area contributed by atoms with E-state index >= 15 is 0 Å². The Bertz CT molecular complexity index is 1120. The highest BCUT2D eigenvalue weighted by atomic mass is 35.5. The second kappa shape index (κ2) is 8.05. The quantitative estimate of drug-likeness (QED) is 0.614. The van der Waals surface area contributed by atoms with E-state index in [0.717, 1.165) is 16.9 Å². The fourth-order valence-electron chi connectivity index (χ4n) is 4.44. The molecule has 0 aliphatic carbocycles. The van der Waals surface area contributed by atoms with Crippen LogP contribution in [0.4, 0.5) is 0 Å². The summed E-state index contributed by atoms with van der Waals surface area (Å²) in [5.41, 5.74) is 2.65. The van der Waals surface area contributed by atoms with E-state index in [-0.39, 0.29) is 30.8 Å². The molecule has 162 valence electrons. The fourth-order valence-corrected chi connectivity index (χ4v) is 4.60. The number of pyridine rings is 1. The van der Waals surface area contributed by atoms with Crippen LogP contribution in [0.2, 0.25) is 5.02 Å². The first kappa shape index (κ1) is 20.2. The molecule has 0 bridgehead atoms. The molecule has 0 radical (unpaired) electrons. The highest BCUT2D eigenvalue weighted by Crippen LogP contribution is 2.38. The van der Waals surface area contributed by atoms with Crippen LogP contribution in [-0.2, 0) is 9.53 Å². The lowest BCUT2D eigenvalue weighted by Gasteiger charge is -2.36. The number of fused-ring (bicyclic) bond motifs is 2. The Morgan fingerprint density at radius 2 is 1.94 bits per heavy atom. The molecule has 4 heterocycles. The fraction of sp³-hybridized carbons (Fsp3) is 0.391. The van der Waals surface area contributed by atoms with Crippen LogP contribution in [-0.4, -0.2) is 52.3 Å². The second-order valence-electron chi connectivity index (χ2n) is 8.18.